The van der Waals surface area contributed by atoms with E-state index in [2.05, 4.69) is 0 Å². The molecule has 1 aromatic heterocycles. The number of anilines is 3. The van der Waals surface area contributed by atoms with Gasteiger partial charge in [0.25, 0.3) is 5.56 Å². The van der Waals surface area contributed by atoms with Crippen LogP contribution in [0.2, 0.25) is 0 Å². The highest BCUT2D eigenvalue weighted by Gasteiger charge is 2.28. The van der Waals surface area contributed by atoms with Crippen molar-refractivity contribution in [3.63, 3.8) is 0 Å². The van der Waals surface area contributed by atoms with E-state index in [1.807, 2.05) is 36.1 Å². The van der Waals surface area contributed by atoms with Crippen LogP contribution in [0.4, 0.5) is 17.2 Å². The van der Waals surface area contributed by atoms with Crippen LogP contribution in [-0.4, -0.2) is 47.9 Å². The Balaban J connectivity index is 1.73. The van der Waals surface area contributed by atoms with Crippen LogP contribution in [0.15, 0.2) is 33.9 Å². The number of carbonyl (C=O) groups is 1. The Morgan fingerprint density at radius 1 is 1.10 bits per heavy atom. The second-order valence-corrected chi connectivity index (χ2v) is 7.94. The number of unbranched alkanes of at least 4 members (excludes halogenated alkanes) is 1. The monoisotopic (exact) mass is 427 g/mol. The number of para-hydroxylation sites is 1. The van der Waals surface area contributed by atoms with Crippen molar-refractivity contribution in [3.8, 4) is 0 Å². The number of nitrogen functional groups attached to an aromatic ring is 1. The molecule has 2 aliphatic rings. The minimum absolute atomic E-state index is 0.167. The number of morpholine rings is 1. The lowest BCUT2D eigenvalue weighted by molar-refractivity contribution is -0.119. The number of ether oxygens (including phenoxy) is 1. The third kappa shape index (κ3) is 3.97. The van der Waals surface area contributed by atoms with Gasteiger partial charge in [0.15, 0.2) is 0 Å². The van der Waals surface area contributed by atoms with Crippen LogP contribution in [0, 0.1) is 0 Å². The second kappa shape index (κ2) is 8.97. The third-order valence-electron chi connectivity index (χ3n) is 5.99. The molecule has 1 fully saturated rings. The molecule has 4 rings (SSSR count). The number of rotatable bonds is 6. The largest absolute Gasteiger partial charge is 0.383 e. The fourth-order valence-electron chi connectivity index (χ4n) is 4.27. The maximum atomic E-state index is 13.3. The molecule has 9 nitrogen and oxygen atoms in total. The van der Waals surface area contributed by atoms with E-state index >= 15 is 0 Å². The first kappa shape index (κ1) is 21.2. The molecule has 166 valence electrons. The van der Waals surface area contributed by atoms with Gasteiger partial charge in [0.1, 0.15) is 18.1 Å². The van der Waals surface area contributed by atoms with E-state index in [9.17, 15) is 14.4 Å². The highest BCUT2D eigenvalue weighted by atomic mass is 16.5. The van der Waals surface area contributed by atoms with E-state index < -0.39 is 11.2 Å². The Morgan fingerprint density at radius 3 is 2.58 bits per heavy atom. The lowest BCUT2D eigenvalue weighted by Crippen LogP contribution is -2.49. The maximum Gasteiger partial charge on any atom is 0.333 e. The van der Waals surface area contributed by atoms with Gasteiger partial charge in [-0.1, -0.05) is 31.5 Å². The van der Waals surface area contributed by atoms with Gasteiger partial charge in [-0.3, -0.25) is 14.2 Å². The summed E-state index contributed by atoms with van der Waals surface area (Å²) in [7, 11) is 0. The molecule has 1 aromatic carbocycles. The number of nitrogens with two attached hydrogens (primary N) is 1. The fraction of sp³-hybridized carbons (Fsp3) is 0.500. The molecular weight excluding hydrogens is 398 g/mol. The average Bonchev–Trinajstić information content (AvgIpc) is 3.22. The fourth-order valence-corrected chi connectivity index (χ4v) is 4.27. The van der Waals surface area contributed by atoms with Crippen LogP contribution in [0.5, 0.6) is 0 Å². The molecule has 0 aliphatic carbocycles. The molecule has 9 heteroatoms. The number of benzene rings is 1. The van der Waals surface area contributed by atoms with Gasteiger partial charge in [-0.2, -0.15) is 0 Å². The first-order chi connectivity index (χ1) is 15.0. The summed E-state index contributed by atoms with van der Waals surface area (Å²) in [6, 6.07) is 7.71. The summed E-state index contributed by atoms with van der Waals surface area (Å²) in [5, 5.41) is 0. The molecule has 0 atom stereocenters. The summed E-state index contributed by atoms with van der Waals surface area (Å²) in [4.78, 5) is 43.2. The quantitative estimate of drug-likeness (QED) is 0.732. The lowest BCUT2D eigenvalue weighted by Gasteiger charge is -2.30. The number of carbonyl (C=O) groups excluding carboxylic acids is 1. The molecule has 3 heterocycles. The molecule has 1 saturated heterocycles. The van der Waals surface area contributed by atoms with Crippen LogP contribution in [-0.2, 0) is 29.0 Å². The zero-order valence-electron chi connectivity index (χ0n) is 17.9. The Bertz CT molecular complexity index is 1080. The first-order valence-corrected chi connectivity index (χ1v) is 10.9. The summed E-state index contributed by atoms with van der Waals surface area (Å²) in [5.41, 5.74) is 7.49. The number of aromatic nitrogens is 2. The van der Waals surface area contributed by atoms with Crippen molar-refractivity contribution in [2.75, 3.05) is 48.4 Å². The van der Waals surface area contributed by atoms with Crippen LogP contribution in [0.3, 0.4) is 0 Å². The van der Waals surface area contributed by atoms with E-state index in [0.717, 1.165) is 35.1 Å². The van der Waals surface area contributed by atoms with Crippen molar-refractivity contribution >= 4 is 23.1 Å². The maximum absolute atomic E-state index is 13.3. The Labute approximate surface area is 180 Å². The van der Waals surface area contributed by atoms with Gasteiger partial charge in [0.2, 0.25) is 5.91 Å². The molecule has 2 aromatic rings. The number of amides is 1. The van der Waals surface area contributed by atoms with Gasteiger partial charge in [-0.25, -0.2) is 9.36 Å². The number of hydrogen-bond acceptors (Lipinski definition) is 6. The molecule has 0 bridgehead atoms. The van der Waals surface area contributed by atoms with E-state index in [0.29, 0.717) is 39.4 Å². The first-order valence-electron chi connectivity index (χ1n) is 10.9. The topological polar surface area (TPSA) is 103 Å². The molecule has 2 N–H and O–H groups in total. The summed E-state index contributed by atoms with van der Waals surface area (Å²) >= 11 is 0. The lowest BCUT2D eigenvalue weighted by atomic mass is 10.2. The Kier molecular flexibility index (Phi) is 6.13. The van der Waals surface area contributed by atoms with Crippen LogP contribution < -0.4 is 26.8 Å². The summed E-state index contributed by atoms with van der Waals surface area (Å²) in [5.74, 6) is -0.107. The van der Waals surface area contributed by atoms with Crippen molar-refractivity contribution in [3.05, 3.63) is 50.7 Å². The Morgan fingerprint density at radius 2 is 1.84 bits per heavy atom. The Hall–Kier alpha value is -3.07. The molecule has 31 heavy (non-hydrogen) atoms. The molecule has 0 radical (unpaired) electrons. The predicted molar refractivity (Wildman–Crippen MR) is 120 cm³/mol. The molecular formula is C22H29N5O4. The van der Waals surface area contributed by atoms with Gasteiger partial charge < -0.3 is 20.3 Å². The van der Waals surface area contributed by atoms with Crippen molar-refractivity contribution < 1.29 is 9.53 Å². The van der Waals surface area contributed by atoms with E-state index in [-0.39, 0.29) is 24.0 Å². The standard InChI is InChI=1S/C22H29N5O4/c1-2-3-9-26-20(23)19(24-11-13-31-14-12-24)21(29)27(22(26)30)15-18(28)25-10-8-16-6-4-5-7-17(16)25/h4-7H,2-3,8-15,23H2,1H3. The second-order valence-electron chi connectivity index (χ2n) is 7.94. The van der Waals surface area contributed by atoms with Crippen LogP contribution in [0.1, 0.15) is 25.3 Å². The molecule has 0 unspecified atom stereocenters. The molecule has 2 aliphatic heterocycles. The van der Waals surface area contributed by atoms with Crippen molar-refractivity contribution in [2.45, 2.75) is 39.3 Å². The van der Waals surface area contributed by atoms with Gasteiger partial charge in [0, 0.05) is 31.9 Å². The van der Waals surface area contributed by atoms with E-state index in [1.165, 1.54) is 4.57 Å². The number of nitrogens with zero attached hydrogens (tertiary/aromatic N) is 4. The summed E-state index contributed by atoms with van der Waals surface area (Å²) < 4.78 is 7.87. The van der Waals surface area contributed by atoms with Crippen molar-refractivity contribution in [1.29, 1.82) is 0 Å². The van der Waals surface area contributed by atoms with E-state index in [1.54, 1.807) is 4.90 Å². The normalized spacial score (nSPS) is 15.9. The zero-order valence-corrected chi connectivity index (χ0v) is 17.9. The molecule has 0 spiro atoms. The highest BCUT2D eigenvalue weighted by molar-refractivity contribution is 5.95. The van der Waals surface area contributed by atoms with Crippen molar-refractivity contribution in [2.24, 2.45) is 0 Å². The summed E-state index contributed by atoms with van der Waals surface area (Å²) in [6.07, 6.45) is 2.39. The smallest absolute Gasteiger partial charge is 0.333 e. The minimum Gasteiger partial charge on any atom is -0.383 e. The van der Waals surface area contributed by atoms with Gasteiger partial charge in [0.05, 0.1) is 13.2 Å². The predicted octanol–water partition coefficient (Wildman–Crippen LogP) is 0.818. The average molecular weight is 428 g/mol. The van der Waals surface area contributed by atoms with E-state index in [4.69, 9.17) is 10.5 Å². The minimum atomic E-state index is -0.534. The molecule has 0 saturated carbocycles. The zero-order chi connectivity index (χ0) is 22.0. The van der Waals surface area contributed by atoms with Crippen LogP contribution >= 0.6 is 0 Å². The number of fused-ring (bicyclic) bond motifs is 1. The number of hydrogen-bond donors (Lipinski definition) is 1. The SMILES string of the molecule is CCCCn1c(N)c(N2CCOCC2)c(=O)n(CC(=O)N2CCc3ccccc32)c1=O. The van der Waals surface area contributed by atoms with Gasteiger partial charge in [-0.15, -0.1) is 0 Å². The highest BCUT2D eigenvalue weighted by Crippen LogP contribution is 2.27. The van der Waals surface area contributed by atoms with Gasteiger partial charge >= 0.3 is 5.69 Å². The van der Waals surface area contributed by atoms with Crippen molar-refractivity contribution in [1.82, 2.24) is 9.13 Å². The van der Waals surface area contributed by atoms with Crippen LogP contribution in [0.25, 0.3) is 0 Å². The van der Waals surface area contributed by atoms with Gasteiger partial charge in [-0.05, 0) is 24.5 Å². The summed E-state index contributed by atoms with van der Waals surface area (Å²) in [6.45, 7) is 4.65. The third-order valence-corrected chi connectivity index (χ3v) is 5.99. The molecule has 1 amide bonds.